The lowest BCUT2D eigenvalue weighted by Gasteiger charge is -2.14. The molecule has 0 radical (unpaired) electrons. The summed E-state index contributed by atoms with van der Waals surface area (Å²) in [6, 6.07) is 58.7. The molecule has 0 atom stereocenters. The van der Waals surface area contributed by atoms with Gasteiger partial charge in [0.15, 0.2) is 0 Å². The number of nitrogens with zero attached hydrogens (tertiary/aromatic N) is 3. The third-order valence-electron chi connectivity index (χ3n) is 9.38. The second kappa shape index (κ2) is 12.7. The van der Waals surface area contributed by atoms with Gasteiger partial charge in [-0.3, -0.25) is 4.98 Å². The standard InChI is InChI=1S/C47H29N3O/c48-29-31-13-19-42-43-20-18-36(28-47(43)51-46(42)22-31)38-23-39(37-12-7-21-49-30-37)25-41(24-38)45-27-40(26-44(50-45)35-10-5-2-6-11-35)34-16-14-33(15-17-34)32-8-3-1-4-9-32/h1-28,30H. The van der Waals surface area contributed by atoms with Crippen LogP contribution in [0.1, 0.15) is 5.56 Å². The van der Waals surface area contributed by atoms with Crippen LogP contribution in [0.3, 0.4) is 0 Å². The van der Waals surface area contributed by atoms with E-state index in [-0.39, 0.29) is 0 Å². The molecule has 238 valence electrons. The highest BCUT2D eigenvalue weighted by molar-refractivity contribution is 6.06. The minimum atomic E-state index is 0.576. The van der Waals surface area contributed by atoms with E-state index in [9.17, 15) is 5.26 Å². The Morgan fingerprint density at radius 2 is 0.941 bits per heavy atom. The molecular formula is C47H29N3O. The van der Waals surface area contributed by atoms with Crippen LogP contribution in [0.2, 0.25) is 0 Å². The zero-order valence-corrected chi connectivity index (χ0v) is 27.5. The quantitative estimate of drug-likeness (QED) is 0.179. The van der Waals surface area contributed by atoms with Crippen molar-refractivity contribution in [2.45, 2.75) is 0 Å². The number of rotatable bonds is 6. The van der Waals surface area contributed by atoms with Crippen molar-refractivity contribution in [1.82, 2.24) is 9.97 Å². The number of fused-ring (bicyclic) bond motifs is 3. The number of nitriles is 1. The van der Waals surface area contributed by atoms with Crippen LogP contribution in [-0.4, -0.2) is 9.97 Å². The molecule has 9 rings (SSSR count). The molecule has 4 nitrogen and oxygen atoms in total. The van der Waals surface area contributed by atoms with Gasteiger partial charge in [0.1, 0.15) is 11.2 Å². The Morgan fingerprint density at radius 1 is 0.412 bits per heavy atom. The second-order valence-corrected chi connectivity index (χ2v) is 12.6. The molecule has 3 heterocycles. The van der Waals surface area contributed by atoms with Crippen LogP contribution in [0, 0.1) is 11.3 Å². The summed E-state index contributed by atoms with van der Waals surface area (Å²) in [5.41, 5.74) is 14.6. The van der Waals surface area contributed by atoms with Crippen molar-refractivity contribution >= 4 is 21.9 Å². The smallest absolute Gasteiger partial charge is 0.136 e. The molecule has 0 amide bonds. The molecule has 9 aromatic rings. The number of hydrogen-bond acceptors (Lipinski definition) is 4. The Morgan fingerprint density at radius 3 is 1.63 bits per heavy atom. The summed E-state index contributed by atoms with van der Waals surface area (Å²) < 4.78 is 6.28. The maximum atomic E-state index is 9.42. The van der Waals surface area contributed by atoms with Crippen LogP contribution >= 0.6 is 0 Å². The van der Waals surface area contributed by atoms with Crippen molar-refractivity contribution in [1.29, 1.82) is 5.26 Å². The first-order chi connectivity index (χ1) is 25.2. The van der Waals surface area contributed by atoms with Gasteiger partial charge in [-0.2, -0.15) is 5.26 Å². The molecule has 6 aromatic carbocycles. The minimum absolute atomic E-state index is 0.576. The molecule has 0 fully saturated rings. The lowest BCUT2D eigenvalue weighted by Crippen LogP contribution is -1.93. The van der Waals surface area contributed by atoms with Gasteiger partial charge in [-0.15, -0.1) is 0 Å². The molecule has 0 bridgehead atoms. The summed E-state index contributed by atoms with van der Waals surface area (Å²) in [5.74, 6) is 0. The number of pyridine rings is 2. The third kappa shape index (κ3) is 5.84. The Kier molecular flexibility index (Phi) is 7.50. The Bertz CT molecular complexity index is 2730. The topological polar surface area (TPSA) is 62.7 Å². The van der Waals surface area contributed by atoms with E-state index >= 15 is 0 Å². The average Bonchev–Trinajstić information content (AvgIpc) is 3.58. The van der Waals surface area contributed by atoms with Gasteiger partial charge in [0.25, 0.3) is 0 Å². The molecule has 0 aliphatic heterocycles. The van der Waals surface area contributed by atoms with Gasteiger partial charge >= 0.3 is 0 Å². The van der Waals surface area contributed by atoms with Gasteiger partial charge in [0.2, 0.25) is 0 Å². The van der Waals surface area contributed by atoms with Crippen molar-refractivity contribution in [3.05, 3.63) is 182 Å². The van der Waals surface area contributed by atoms with E-state index in [1.165, 1.54) is 11.1 Å². The largest absolute Gasteiger partial charge is 0.456 e. The fraction of sp³-hybridized carbons (Fsp3) is 0. The van der Waals surface area contributed by atoms with Crippen LogP contribution < -0.4 is 0 Å². The SMILES string of the molecule is N#Cc1ccc2c(c1)oc1cc(-c3cc(-c4cccnc4)cc(-c4cc(-c5ccc(-c6ccccc6)cc5)cc(-c5ccccc5)n4)c3)ccc12. The van der Waals surface area contributed by atoms with Crippen molar-refractivity contribution in [2.75, 3.05) is 0 Å². The van der Waals surface area contributed by atoms with E-state index in [2.05, 4.69) is 138 Å². The van der Waals surface area contributed by atoms with E-state index in [0.717, 1.165) is 72.3 Å². The summed E-state index contributed by atoms with van der Waals surface area (Å²) in [7, 11) is 0. The molecule has 0 aliphatic carbocycles. The molecule has 0 saturated heterocycles. The highest BCUT2D eigenvalue weighted by Crippen LogP contribution is 2.38. The number of benzene rings is 6. The average molecular weight is 652 g/mol. The maximum Gasteiger partial charge on any atom is 0.136 e. The zero-order chi connectivity index (χ0) is 34.1. The molecule has 3 aromatic heterocycles. The van der Waals surface area contributed by atoms with Crippen molar-refractivity contribution in [2.24, 2.45) is 0 Å². The Balaban J connectivity index is 1.21. The van der Waals surface area contributed by atoms with Gasteiger partial charge in [0, 0.05) is 39.9 Å². The Labute approximate surface area is 295 Å². The van der Waals surface area contributed by atoms with Crippen LogP contribution in [0.25, 0.3) is 89.0 Å². The summed E-state index contributed by atoms with van der Waals surface area (Å²) in [5, 5.41) is 11.4. The predicted molar refractivity (Wildman–Crippen MR) is 207 cm³/mol. The first-order valence-electron chi connectivity index (χ1n) is 16.8. The van der Waals surface area contributed by atoms with Crippen LogP contribution in [-0.2, 0) is 0 Å². The predicted octanol–water partition coefficient (Wildman–Crippen LogP) is 12.2. The van der Waals surface area contributed by atoms with Gasteiger partial charge in [0.05, 0.1) is 23.0 Å². The molecule has 0 unspecified atom stereocenters. The van der Waals surface area contributed by atoms with Gasteiger partial charge in [-0.25, -0.2) is 4.98 Å². The van der Waals surface area contributed by atoms with Crippen molar-refractivity contribution < 1.29 is 4.42 Å². The monoisotopic (exact) mass is 651 g/mol. The lowest BCUT2D eigenvalue weighted by molar-refractivity contribution is 0.669. The summed E-state index contributed by atoms with van der Waals surface area (Å²) in [6.45, 7) is 0. The van der Waals surface area contributed by atoms with Gasteiger partial charge in [-0.05, 0) is 106 Å². The van der Waals surface area contributed by atoms with E-state index in [0.29, 0.717) is 11.1 Å². The van der Waals surface area contributed by atoms with Crippen molar-refractivity contribution in [3.63, 3.8) is 0 Å². The van der Waals surface area contributed by atoms with Crippen LogP contribution in [0.15, 0.2) is 181 Å². The fourth-order valence-electron chi connectivity index (χ4n) is 6.76. The minimum Gasteiger partial charge on any atom is -0.456 e. The maximum absolute atomic E-state index is 9.42. The Hall–Kier alpha value is -7.09. The highest BCUT2D eigenvalue weighted by atomic mass is 16.3. The fourth-order valence-corrected chi connectivity index (χ4v) is 6.76. The van der Waals surface area contributed by atoms with Crippen LogP contribution in [0.4, 0.5) is 0 Å². The molecule has 0 aliphatic rings. The van der Waals surface area contributed by atoms with E-state index in [1.807, 2.05) is 36.5 Å². The van der Waals surface area contributed by atoms with E-state index in [1.54, 1.807) is 12.3 Å². The summed E-state index contributed by atoms with van der Waals surface area (Å²) in [4.78, 5) is 9.70. The third-order valence-corrected chi connectivity index (χ3v) is 9.38. The van der Waals surface area contributed by atoms with Crippen molar-refractivity contribution in [3.8, 4) is 73.1 Å². The molecular weight excluding hydrogens is 623 g/mol. The molecule has 0 N–H and O–H groups in total. The highest BCUT2D eigenvalue weighted by Gasteiger charge is 2.15. The first kappa shape index (κ1) is 30.0. The number of aromatic nitrogens is 2. The first-order valence-corrected chi connectivity index (χ1v) is 16.8. The van der Waals surface area contributed by atoms with E-state index < -0.39 is 0 Å². The molecule has 4 heteroatoms. The summed E-state index contributed by atoms with van der Waals surface area (Å²) in [6.07, 6.45) is 3.69. The van der Waals surface area contributed by atoms with Gasteiger partial charge < -0.3 is 4.42 Å². The lowest BCUT2D eigenvalue weighted by atomic mass is 9.93. The molecule has 51 heavy (non-hydrogen) atoms. The van der Waals surface area contributed by atoms with Crippen LogP contribution in [0.5, 0.6) is 0 Å². The van der Waals surface area contributed by atoms with Gasteiger partial charge in [-0.1, -0.05) is 97.1 Å². The molecule has 0 saturated carbocycles. The summed E-state index contributed by atoms with van der Waals surface area (Å²) >= 11 is 0. The number of furan rings is 1. The zero-order valence-electron chi connectivity index (χ0n) is 27.5. The normalized spacial score (nSPS) is 11.1. The second-order valence-electron chi connectivity index (χ2n) is 12.6. The van der Waals surface area contributed by atoms with E-state index in [4.69, 9.17) is 9.40 Å². The number of hydrogen-bond donors (Lipinski definition) is 0. The molecule has 0 spiro atoms.